The molecular weight excluding hydrogens is 394 g/mol. The van der Waals surface area contributed by atoms with Gasteiger partial charge in [0.25, 0.3) is 0 Å². The van der Waals surface area contributed by atoms with E-state index in [0.717, 1.165) is 42.0 Å². The van der Waals surface area contributed by atoms with Gasteiger partial charge in [0, 0.05) is 37.1 Å². The van der Waals surface area contributed by atoms with E-state index >= 15 is 0 Å². The van der Waals surface area contributed by atoms with E-state index in [2.05, 4.69) is 66.1 Å². The number of benzene rings is 3. The van der Waals surface area contributed by atoms with Gasteiger partial charge in [0.15, 0.2) is 0 Å². The summed E-state index contributed by atoms with van der Waals surface area (Å²) >= 11 is 0. The van der Waals surface area contributed by atoms with Crippen LogP contribution in [0.1, 0.15) is 44.6 Å². The Bertz CT molecular complexity index is 971. The number of anilines is 2. The molecule has 32 heavy (non-hydrogen) atoms. The molecule has 4 heteroatoms. The summed E-state index contributed by atoms with van der Waals surface area (Å²) in [6.45, 7) is 3.69. The molecule has 168 valence electrons. The quantitative estimate of drug-likeness (QED) is 0.320. The van der Waals surface area contributed by atoms with Gasteiger partial charge in [0.05, 0.1) is 0 Å². The smallest absolute Gasteiger partial charge is 0.321 e. The number of carbonyl (C=O) groups excluding carboxylic acids is 1. The van der Waals surface area contributed by atoms with Crippen molar-refractivity contribution < 1.29 is 4.79 Å². The molecule has 3 aromatic rings. The van der Waals surface area contributed by atoms with Crippen LogP contribution in [0.5, 0.6) is 0 Å². The molecule has 3 rings (SSSR count). The highest BCUT2D eigenvalue weighted by Gasteiger charge is 2.12. The SMILES string of the molecule is CCCCCCCNC(=O)N(C)c1cccc(-c2ccccc2NCc2ccccc2)c1. The number of amides is 2. The number of urea groups is 1. The Kier molecular flexibility index (Phi) is 9.18. The number of unbranched alkanes of at least 4 members (excludes halogenated alkanes) is 4. The molecule has 0 radical (unpaired) electrons. The lowest BCUT2D eigenvalue weighted by Gasteiger charge is -2.20. The second-order valence-electron chi connectivity index (χ2n) is 8.14. The van der Waals surface area contributed by atoms with Gasteiger partial charge in [-0.15, -0.1) is 0 Å². The second kappa shape index (κ2) is 12.6. The van der Waals surface area contributed by atoms with E-state index in [9.17, 15) is 4.79 Å². The Hall–Kier alpha value is -3.27. The maximum absolute atomic E-state index is 12.6. The first-order valence-corrected chi connectivity index (χ1v) is 11.7. The summed E-state index contributed by atoms with van der Waals surface area (Å²) in [5, 5.41) is 6.60. The highest BCUT2D eigenvalue weighted by atomic mass is 16.2. The van der Waals surface area contributed by atoms with Crippen molar-refractivity contribution in [3.05, 3.63) is 84.4 Å². The predicted octanol–water partition coefficient (Wildman–Crippen LogP) is 7.08. The van der Waals surface area contributed by atoms with E-state index in [1.807, 2.05) is 37.4 Å². The molecule has 0 heterocycles. The minimum Gasteiger partial charge on any atom is -0.380 e. The maximum atomic E-state index is 12.6. The zero-order valence-corrected chi connectivity index (χ0v) is 19.3. The van der Waals surface area contributed by atoms with Crippen molar-refractivity contribution in [3.8, 4) is 11.1 Å². The standard InChI is InChI=1S/C28H35N3O/c1-3-4-5-6-12-20-29-28(32)31(2)25-17-13-16-24(21-25)26-18-10-11-19-27(26)30-22-23-14-8-7-9-15-23/h7-11,13-19,21,30H,3-6,12,20,22H2,1-2H3,(H,29,32). The maximum Gasteiger partial charge on any atom is 0.321 e. The fourth-order valence-corrected chi connectivity index (χ4v) is 3.72. The molecule has 2 amide bonds. The number of para-hydroxylation sites is 1. The van der Waals surface area contributed by atoms with Crippen LogP contribution in [0, 0.1) is 0 Å². The van der Waals surface area contributed by atoms with Gasteiger partial charge < -0.3 is 10.6 Å². The third-order valence-corrected chi connectivity index (χ3v) is 5.66. The molecule has 0 atom stereocenters. The van der Waals surface area contributed by atoms with Crippen LogP contribution >= 0.6 is 0 Å². The van der Waals surface area contributed by atoms with Gasteiger partial charge >= 0.3 is 6.03 Å². The minimum absolute atomic E-state index is 0.0619. The lowest BCUT2D eigenvalue weighted by Crippen LogP contribution is -2.37. The van der Waals surface area contributed by atoms with Crippen LogP contribution in [0.15, 0.2) is 78.9 Å². The molecule has 0 fully saturated rings. The van der Waals surface area contributed by atoms with Gasteiger partial charge in [0.2, 0.25) is 0 Å². The fraction of sp³-hybridized carbons (Fsp3) is 0.321. The first-order valence-electron chi connectivity index (χ1n) is 11.7. The van der Waals surface area contributed by atoms with Crippen molar-refractivity contribution in [2.75, 3.05) is 23.8 Å². The molecule has 0 unspecified atom stereocenters. The van der Waals surface area contributed by atoms with Gasteiger partial charge in [-0.1, -0.05) is 93.3 Å². The molecule has 0 aliphatic carbocycles. The average molecular weight is 430 g/mol. The van der Waals surface area contributed by atoms with Crippen molar-refractivity contribution in [1.82, 2.24) is 5.32 Å². The van der Waals surface area contributed by atoms with E-state index in [0.29, 0.717) is 0 Å². The van der Waals surface area contributed by atoms with Crippen LogP contribution in [0.25, 0.3) is 11.1 Å². The third-order valence-electron chi connectivity index (χ3n) is 5.66. The summed E-state index contributed by atoms with van der Waals surface area (Å²) in [6, 6.07) is 26.8. The van der Waals surface area contributed by atoms with Gasteiger partial charge in [0.1, 0.15) is 0 Å². The van der Waals surface area contributed by atoms with E-state index in [1.54, 1.807) is 4.90 Å². The topological polar surface area (TPSA) is 44.4 Å². The molecule has 2 N–H and O–H groups in total. The summed E-state index contributed by atoms with van der Waals surface area (Å²) < 4.78 is 0. The predicted molar refractivity (Wildman–Crippen MR) is 136 cm³/mol. The zero-order chi connectivity index (χ0) is 22.6. The number of nitrogens with zero attached hydrogens (tertiary/aromatic N) is 1. The van der Waals surface area contributed by atoms with Crippen LogP contribution in [0.2, 0.25) is 0 Å². The zero-order valence-electron chi connectivity index (χ0n) is 19.3. The van der Waals surface area contributed by atoms with E-state index < -0.39 is 0 Å². The first kappa shape index (κ1) is 23.4. The molecule has 0 saturated carbocycles. The normalized spacial score (nSPS) is 10.6. The lowest BCUT2D eigenvalue weighted by atomic mass is 10.0. The molecule has 0 spiro atoms. The third kappa shape index (κ3) is 6.88. The summed E-state index contributed by atoms with van der Waals surface area (Å²) in [4.78, 5) is 14.3. The Balaban J connectivity index is 1.65. The van der Waals surface area contributed by atoms with Crippen LogP contribution in [0.3, 0.4) is 0 Å². The number of hydrogen-bond acceptors (Lipinski definition) is 2. The largest absolute Gasteiger partial charge is 0.380 e. The minimum atomic E-state index is -0.0619. The Morgan fingerprint density at radius 1 is 0.844 bits per heavy atom. The van der Waals surface area contributed by atoms with E-state index in [4.69, 9.17) is 0 Å². The van der Waals surface area contributed by atoms with Crippen LogP contribution < -0.4 is 15.5 Å². The van der Waals surface area contributed by atoms with E-state index in [1.165, 1.54) is 31.2 Å². The summed E-state index contributed by atoms with van der Waals surface area (Å²) in [5.41, 5.74) is 5.39. The highest BCUT2D eigenvalue weighted by molar-refractivity contribution is 5.92. The summed E-state index contributed by atoms with van der Waals surface area (Å²) in [5.74, 6) is 0. The average Bonchev–Trinajstić information content (AvgIpc) is 2.85. The Morgan fingerprint density at radius 2 is 1.59 bits per heavy atom. The van der Waals surface area contributed by atoms with Crippen molar-refractivity contribution >= 4 is 17.4 Å². The monoisotopic (exact) mass is 429 g/mol. The van der Waals surface area contributed by atoms with Crippen LogP contribution in [0.4, 0.5) is 16.2 Å². The van der Waals surface area contributed by atoms with Gasteiger partial charge in [-0.3, -0.25) is 4.90 Å². The van der Waals surface area contributed by atoms with Crippen molar-refractivity contribution in [3.63, 3.8) is 0 Å². The first-order chi connectivity index (χ1) is 15.7. The fourth-order valence-electron chi connectivity index (χ4n) is 3.72. The van der Waals surface area contributed by atoms with Crippen molar-refractivity contribution in [2.45, 2.75) is 45.6 Å². The second-order valence-corrected chi connectivity index (χ2v) is 8.14. The van der Waals surface area contributed by atoms with Gasteiger partial charge in [-0.05, 0) is 35.7 Å². The number of rotatable bonds is 11. The molecule has 0 aliphatic rings. The van der Waals surface area contributed by atoms with Crippen molar-refractivity contribution in [2.24, 2.45) is 0 Å². The Labute approximate surface area is 192 Å². The molecule has 0 saturated heterocycles. The number of nitrogens with one attached hydrogen (secondary N) is 2. The lowest BCUT2D eigenvalue weighted by molar-refractivity contribution is 0.247. The highest BCUT2D eigenvalue weighted by Crippen LogP contribution is 2.30. The van der Waals surface area contributed by atoms with Crippen LogP contribution in [-0.4, -0.2) is 19.6 Å². The molecule has 4 nitrogen and oxygen atoms in total. The number of hydrogen-bond donors (Lipinski definition) is 2. The molecule has 0 bridgehead atoms. The van der Waals surface area contributed by atoms with E-state index in [-0.39, 0.29) is 6.03 Å². The Morgan fingerprint density at radius 3 is 2.41 bits per heavy atom. The molecule has 0 aliphatic heterocycles. The summed E-state index contributed by atoms with van der Waals surface area (Å²) in [6.07, 6.45) is 5.93. The molecule has 3 aromatic carbocycles. The molecule has 0 aromatic heterocycles. The van der Waals surface area contributed by atoms with Gasteiger partial charge in [-0.2, -0.15) is 0 Å². The molecular formula is C28H35N3O. The van der Waals surface area contributed by atoms with Crippen molar-refractivity contribution in [1.29, 1.82) is 0 Å². The number of carbonyl (C=O) groups is 1. The van der Waals surface area contributed by atoms with Gasteiger partial charge in [-0.25, -0.2) is 4.79 Å². The summed E-state index contributed by atoms with van der Waals surface area (Å²) in [7, 11) is 1.82. The van der Waals surface area contributed by atoms with Crippen LogP contribution in [-0.2, 0) is 6.54 Å².